The third-order valence-corrected chi connectivity index (χ3v) is 10.4. The van der Waals surface area contributed by atoms with Crippen LogP contribution in [0.2, 0.25) is 0 Å². The second kappa shape index (κ2) is 13.2. The first-order valence-corrected chi connectivity index (χ1v) is 16.7. The molecule has 1 N–H and O–H groups in total. The zero-order valence-corrected chi connectivity index (χ0v) is 26.3. The van der Waals surface area contributed by atoms with E-state index < -0.39 is 0 Å². The van der Waals surface area contributed by atoms with Gasteiger partial charge in [-0.3, -0.25) is 19.4 Å². The lowest BCUT2D eigenvalue weighted by Crippen LogP contribution is -2.46. The predicted octanol–water partition coefficient (Wildman–Crippen LogP) is 5.54. The highest BCUT2D eigenvalue weighted by molar-refractivity contribution is 7.17. The number of amides is 1. The van der Waals surface area contributed by atoms with E-state index in [0.29, 0.717) is 13.0 Å². The average Bonchev–Trinajstić information content (AvgIpc) is 3.74. The number of carbonyl (C=O) groups is 2. The van der Waals surface area contributed by atoms with E-state index in [1.165, 1.54) is 15.8 Å². The number of hydrogen-bond acceptors (Lipinski definition) is 8. The summed E-state index contributed by atoms with van der Waals surface area (Å²) in [6.07, 6.45) is 5.03. The summed E-state index contributed by atoms with van der Waals surface area (Å²) in [5, 5.41) is 6.72. The van der Waals surface area contributed by atoms with Gasteiger partial charge >= 0.3 is 5.97 Å². The van der Waals surface area contributed by atoms with Crippen LogP contribution in [-0.2, 0) is 19.7 Å². The second-order valence-corrected chi connectivity index (χ2v) is 13.3. The Hall–Kier alpha value is -3.14. The van der Waals surface area contributed by atoms with Crippen LogP contribution >= 0.6 is 11.3 Å². The molecule has 9 heteroatoms. The van der Waals surface area contributed by atoms with Crippen LogP contribution < -0.4 is 19.9 Å². The molecule has 2 aromatic carbocycles. The molecule has 2 fully saturated rings. The van der Waals surface area contributed by atoms with Crippen LogP contribution in [0.1, 0.15) is 57.9 Å². The van der Waals surface area contributed by atoms with Crippen LogP contribution in [0.3, 0.4) is 0 Å². The molecule has 1 aromatic heterocycles. The molecular formula is C34H44N4O4S. The van der Waals surface area contributed by atoms with Gasteiger partial charge in [0, 0.05) is 59.9 Å². The molecule has 0 saturated carbocycles. The Bertz CT molecular complexity index is 1430. The average molecular weight is 605 g/mol. The van der Waals surface area contributed by atoms with E-state index in [0.717, 1.165) is 88.4 Å². The lowest BCUT2D eigenvalue weighted by molar-refractivity contribution is -0.146. The fourth-order valence-corrected chi connectivity index (χ4v) is 7.47. The molecule has 3 aliphatic heterocycles. The minimum Gasteiger partial charge on any atom is -0.494 e. The Morgan fingerprint density at radius 1 is 1.09 bits per heavy atom. The first-order chi connectivity index (χ1) is 20.9. The number of anilines is 2. The monoisotopic (exact) mass is 604 g/mol. The number of unbranched alkanes of at least 4 members (excludes halogenated alkanes) is 1. The molecule has 0 aliphatic carbocycles. The largest absolute Gasteiger partial charge is 0.494 e. The lowest BCUT2D eigenvalue weighted by atomic mass is 9.73. The van der Waals surface area contributed by atoms with Crippen LogP contribution in [0.4, 0.5) is 11.4 Å². The molecule has 6 rings (SSSR count). The first-order valence-electron chi connectivity index (χ1n) is 15.9. The minimum atomic E-state index is -0.288. The molecule has 230 valence electrons. The Morgan fingerprint density at radius 2 is 1.95 bits per heavy atom. The van der Waals surface area contributed by atoms with Gasteiger partial charge < -0.3 is 19.7 Å². The van der Waals surface area contributed by atoms with Gasteiger partial charge in [0.05, 0.1) is 12.3 Å². The van der Waals surface area contributed by atoms with Crippen molar-refractivity contribution in [1.82, 2.24) is 10.2 Å². The molecule has 3 aromatic rings. The Kier molecular flexibility index (Phi) is 9.21. The third kappa shape index (κ3) is 6.54. The van der Waals surface area contributed by atoms with E-state index in [1.807, 2.05) is 23.5 Å². The molecule has 0 bridgehead atoms. The maximum absolute atomic E-state index is 13.2. The Balaban J connectivity index is 0.995. The summed E-state index contributed by atoms with van der Waals surface area (Å²) in [5.74, 6) is 0.439. The van der Waals surface area contributed by atoms with Crippen molar-refractivity contribution < 1.29 is 19.1 Å². The van der Waals surface area contributed by atoms with Crippen molar-refractivity contribution in [1.29, 1.82) is 0 Å². The molecule has 0 spiro atoms. The molecule has 4 heterocycles. The molecule has 1 amide bonds. The van der Waals surface area contributed by atoms with Crippen LogP contribution in [-0.4, -0.2) is 75.4 Å². The molecule has 43 heavy (non-hydrogen) atoms. The molecule has 2 saturated heterocycles. The minimum absolute atomic E-state index is 0.0201. The van der Waals surface area contributed by atoms with Gasteiger partial charge in [-0.15, -0.1) is 11.3 Å². The standard InChI is InChI=1S/C34H44N4O4S/c1-3-34(2)23-32(39)38(24-42-33(40)28-8-7-14-35-28)30-22-25(11-12-27(30)34)41-20-5-4-15-36-16-18-37(19-17-36)29-9-6-10-31-26(29)13-21-43-31/h6,9-13,21-22,28,35H,3-5,7-8,14-20,23-24H2,1-2H3. The van der Waals surface area contributed by atoms with E-state index in [4.69, 9.17) is 9.47 Å². The normalized spacial score (nSPS) is 22.7. The number of thiophene rings is 1. The number of fused-ring (bicyclic) bond motifs is 2. The number of piperazine rings is 1. The fourth-order valence-electron chi connectivity index (χ4n) is 6.66. The van der Waals surface area contributed by atoms with Crippen LogP contribution in [0.5, 0.6) is 5.75 Å². The number of hydrogen-bond donors (Lipinski definition) is 1. The topological polar surface area (TPSA) is 74.3 Å². The highest BCUT2D eigenvalue weighted by Gasteiger charge is 2.39. The number of rotatable bonds is 11. The smallest absolute Gasteiger partial charge is 0.324 e. The van der Waals surface area contributed by atoms with E-state index in [1.54, 1.807) is 4.90 Å². The quantitative estimate of drug-likeness (QED) is 0.228. The molecule has 0 radical (unpaired) electrons. The van der Waals surface area contributed by atoms with E-state index in [2.05, 4.69) is 64.7 Å². The molecular weight excluding hydrogens is 560 g/mol. The van der Waals surface area contributed by atoms with Crippen molar-refractivity contribution in [2.45, 2.75) is 63.8 Å². The van der Waals surface area contributed by atoms with Crippen molar-refractivity contribution in [3.63, 3.8) is 0 Å². The number of nitrogens with zero attached hydrogens (tertiary/aromatic N) is 3. The van der Waals surface area contributed by atoms with Gasteiger partial charge in [-0.05, 0) is 80.4 Å². The van der Waals surface area contributed by atoms with Crippen molar-refractivity contribution in [2.24, 2.45) is 0 Å². The highest BCUT2D eigenvalue weighted by atomic mass is 32.1. The maximum Gasteiger partial charge on any atom is 0.324 e. The molecule has 2 unspecified atom stereocenters. The Morgan fingerprint density at radius 3 is 2.74 bits per heavy atom. The zero-order valence-electron chi connectivity index (χ0n) is 25.5. The van der Waals surface area contributed by atoms with E-state index in [-0.39, 0.29) is 30.1 Å². The van der Waals surface area contributed by atoms with Gasteiger partial charge in [0.1, 0.15) is 11.8 Å². The van der Waals surface area contributed by atoms with Crippen molar-refractivity contribution in [3.05, 3.63) is 53.4 Å². The summed E-state index contributed by atoms with van der Waals surface area (Å²) in [6.45, 7) is 11.0. The van der Waals surface area contributed by atoms with Gasteiger partial charge in [0.25, 0.3) is 0 Å². The zero-order chi connectivity index (χ0) is 29.8. The summed E-state index contributed by atoms with van der Waals surface area (Å²) >= 11 is 1.81. The van der Waals surface area contributed by atoms with Gasteiger partial charge in [-0.25, -0.2) is 0 Å². The second-order valence-electron chi connectivity index (χ2n) is 12.3. The van der Waals surface area contributed by atoms with Gasteiger partial charge in [-0.2, -0.15) is 0 Å². The van der Waals surface area contributed by atoms with Crippen LogP contribution in [0.15, 0.2) is 47.8 Å². The number of esters is 1. The maximum atomic E-state index is 13.2. The number of benzene rings is 2. The predicted molar refractivity (Wildman–Crippen MR) is 173 cm³/mol. The first kappa shape index (κ1) is 29.9. The number of carbonyl (C=O) groups excluding carboxylic acids is 2. The van der Waals surface area contributed by atoms with Crippen molar-refractivity contribution in [3.8, 4) is 5.75 Å². The van der Waals surface area contributed by atoms with Crippen molar-refractivity contribution >= 4 is 44.7 Å². The lowest BCUT2D eigenvalue weighted by Gasteiger charge is -2.40. The molecule has 2 atom stereocenters. The van der Waals surface area contributed by atoms with Gasteiger partial charge in [0.15, 0.2) is 6.73 Å². The summed E-state index contributed by atoms with van der Waals surface area (Å²) < 4.78 is 13.1. The highest BCUT2D eigenvalue weighted by Crippen LogP contribution is 2.44. The SMILES string of the molecule is CCC1(C)CC(=O)N(COC(=O)C2CCCN2)c2cc(OCCCCN3CCN(c4cccc5sccc45)CC3)ccc21. The molecule has 3 aliphatic rings. The third-order valence-electron chi connectivity index (χ3n) is 9.54. The van der Waals surface area contributed by atoms with Gasteiger partial charge in [0.2, 0.25) is 5.91 Å². The van der Waals surface area contributed by atoms with E-state index in [9.17, 15) is 9.59 Å². The summed E-state index contributed by atoms with van der Waals surface area (Å²) in [5.41, 5.74) is 3.01. The summed E-state index contributed by atoms with van der Waals surface area (Å²) in [7, 11) is 0. The van der Waals surface area contributed by atoms with E-state index >= 15 is 0 Å². The van der Waals surface area contributed by atoms with Gasteiger partial charge in [-0.1, -0.05) is 26.0 Å². The van der Waals surface area contributed by atoms with Crippen LogP contribution in [0, 0.1) is 0 Å². The van der Waals surface area contributed by atoms with Crippen molar-refractivity contribution in [2.75, 3.05) is 62.4 Å². The fraction of sp³-hybridized carbons (Fsp3) is 0.529. The molecule has 8 nitrogen and oxygen atoms in total. The number of nitrogens with one attached hydrogen (secondary N) is 1. The summed E-state index contributed by atoms with van der Waals surface area (Å²) in [6, 6.07) is 14.6. The Labute approximate surface area is 258 Å². The number of ether oxygens (including phenoxy) is 2. The van der Waals surface area contributed by atoms with Crippen LogP contribution in [0.25, 0.3) is 10.1 Å². The summed E-state index contributed by atoms with van der Waals surface area (Å²) in [4.78, 5) is 32.5.